The van der Waals surface area contributed by atoms with Gasteiger partial charge in [-0.05, 0) is 37.4 Å². The zero-order valence-corrected chi connectivity index (χ0v) is 17.0. The zero-order chi connectivity index (χ0) is 23.7. The van der Waals surface area contributed by atoms with Crippen molar-refractivity contribution in [3.63, 3.8) is 0 Å². The third-order valence-electron chi connectivity index (χ3n) is 5.19. The number of halogens is 6. The molecule has 1 unspecified atom stereocenters. The molecule has 0 spiro atoms. The summed E-state index contributed by atoms with van der Waals surface area (Å²) in [6.07, 6.45) is -8.67. The van der Waals surface area contributed by atoms with Crippen LogP contribution in [0.1, 0.15) is 22.9 Å². The van der Waals surface area contributed by atoms with Gasteiger partial charge in [-0.3, -0.25) is 14.7 Å². The van der Waals surface area contributed by atoms with Gasteiger partial charge in [0.2, 0.25) is 0 Å². The topological polar surface area (TPSA) is 65.7 Å². The molecule has 3 rings (SSSR count). The zero-order valence-electron chi connectivity index (χ0n) is 17.0. The van der Waals surface area contributed by atoms with E-state index in [9.17, 15) is 31.1 Å². The number of carbonyl (C=O) groups excluding carboxylic acids is 1. The van der Waals surface area contributed by atoms with Gasteiger partial charge in [-0.25, -0.2) is 10.9 Å². The second-order valence-electron chi connectivity index (χ2n) is 7.47. The molecule has 1 atom stereocenters. The van der Waals surface area contributed by atoms with Crippen LogP contribution in [0.3, 0.4) is 0 Å². The second-order valence-corrected chi connectivity index (χ2v) is 7.47. The van der Waals surface area contributed by atoms with E-state index in [1.165, 1.54) is 6.20 Å². The van der Waals surface area contributed by atoms with Crippen LogP contribution in [0.4, 0.5) is 32.0 Å². The minimum atomic E-state index is -5.06. The molecule has 0 bridgehead atoms. The fourth-order valence-electron chi connectivity index (χ4n) is 3.42. The van der Waals surface area contributed by atoms with Crippen LogP contribution >= 0.6 is 0 Å². The molecule has 0 radical (unpaired) electrons. The molecule has 1 fully saturated rings. The van der Waals surface area contributed by atoms with E-state index in [0.717, 1.165) is 0 Å². The van der Waals surface area contributed by atoms with Gasteiger partial charge in [-0.1, -0.05) is 6.07 Å². The SMILES string of the molecule is CN1CCN(C(C(=O)N(N)c2cc(C(F)(F)F)cc(C(F)(F)F)c2)c2ccccn2)CC1. The van der Waals surface area contributed by atoms with E-state index in [4.69, 9.17) is 5.84 Å². The number of hydrazine groups is 1. The first-order chi connectivity index (χ1) is 14.9. The number of pyridine rings is 1. The number of hydrogen-bond acceptors (Lipinski definition) is 5. The maximum absolute atomic E-state index is 13.3. The highest BCUT2D eigenvalue weighted by molar-refractivity contribution is 5.96. The highest BCUT2D eigenvalue weighted by atomic mass is 19.4. The third-order valence-corrected chi connectivity index (χ3v) is 5.19. The molecule has 1 aliphatic rings. The first-order valence-electron chi connectivity index (χ1n) is 9.59. The van der Waals surface area contributed by atoms with E-state index in [0.29, 0.717) is 49.0 Å². The number of piperazine rings is 1. The predicted octanol–water partition coefficient (Wildman–Crippen LogP) is 3.31. The molecule has 2 aromatic rings. The fourth-order valence-corrected chi connectivity index (χ4v) is 3.42. The molecule has 2 N–H and O–H groups in total. The summed E-state index contributed by atoms with van der Waals surface area (Å²) < 4.78 is 79.3. The number of nitrogens with zero attached hydrogens (tertiary/aromatic N) is 4. The van der Waals surface area contributed by atoms with Crippen LogP contribution in [0.25, 0.3) is 0 Å². The van der Waals surface area contributed by atoms with Crippen LogP contribution in [0.2, 0.25) is 0 Å². The summed E-state index contributed by atoms with van der Waals surface area (Å²) in [6, 6.07) is 4.57. The minimum absolute atomic E-state index is 0.0154. The van der Waals surface area contributed by atoms with Crippen molar-refractivity contribution in [2.75, 3.05) is 38.2 Å². The molecule has 12 heteroatoms. The van der Waals surface area contributed by atoms with Crippen molar-refractivity contribution >= 4 is 11.6 Å². The Morgan fingerprint density at radius 2 is 1.56 bits per heavy atom. The minimum Gasteiger partial charge on any atom is -0.304 e. The summed E-state index contributed by atoms with van der Waals surface area (Å²) in [7, 11) is 1.89. The van der Waals surface area contributed by atoms with E-state index in [-0.39, 0.29) is 6.07 Å². The number of carbonyl (C=O) groups is 1. The third kappa shape index (κ3) is 5.37. The smallest absolute Gasteiger partial charge is 0.304 e. The lowest BCUT2D eigenvalue weighted by atomic mass is 10.1. The van der Waals surface area contributed by atoms with Gasteiger partial charge in [0.25, 0.3) is 5.91 Å². The fraction of sp³-hybridized carbons (Fsp3) is 0.400. The number of likely N-dealkylation sites (N-methyl/N-ethyl adjacent to an activating group) is 1. The Morgan fingerprint density at radius 3 is 2.03 bits per heavy atom. The maximum atomic E-state index is 13.3. The van der Waals surface area contributed by atoms with Crippen LogP contribution in [0, 0.1) is 0 Å². The highest BCUT2D eigenvalue weighted by Crippen LogP contribution is 2.38. The van der Waals surface area contributed by atoms with Gasteiger partial charge in [0, 0.05) is 32.4 Å². The van der Waals surface area contributed by atoms with Crippen molar-refractivity contribution in [2.24, 2.45) is 5.84 Å². The van der Waals surface area contributed by atoms with E-state index in [2.05, 4.69) is 4.98 Å². The summed E-state index contributed by atoms with van der Waals surface area (Å²) in [5, 5.41) is 0.335. The number of rotatable bonds is 4. The molecule has 174 valence electrons. The lowest BCUT2D eigenvalue weighted by Gasteiger charge is -2.38. The second kappa shape index (κ2) is 9.04. The number of benzene rings is 1. The molecule has 0 aliphatic carbocycles. The van der Waals surface area contributed by atoms with Crippen molar-refractivity contribution in [3.8, 4) is 0 Å². The number of nitrogens with two attached hydrogens (primary N) is 1. The molecule has 1 amide bonds. The van der Waals surface area contributed by atoms with Gasteiger partial charge in [-0.2, -0.15) is 26.3 Å². The molecular formula is C20H21F6N5O. The number of alkyl halides is 6. The Labute approximate surface area is 180 Å². The molecule has 1 saturated heterocycles. The number of amides is 1. The van der Waals surface area contributed by atoms with Crippen molar-refractivity contribution in [2.45, 2.75) is 18.4 Å². The van der Waals surface area contributed by atoms with E-state index < -0.39 is 41.1 Å². The van der Waals surface area contributed by atoms with Gasteiger partial charge in [0.05, 0.1) is 22.5 Å². The van der Waals surface area contributed by atoms with Crippen molar-refractivity contribution in [1.82, 2.24) is 14.8 Å². The molecule has 1 aliphatic heterocycles. The van der Waals surface area contributed by atoms with Gasteiger partial charge in [-0.15, -0.1) is 0 Å². The van der Waals surface area contributed by atoms with Crippen LogP contribution in [0.15, 0.2) is 42.6 Å². The Kier molecular flexibility index (Phi) is 6.77. The summed E-state index contributed by atoms with van der Waals surface area (Å²) in [4.78, 5) is 21.2. The van der Waals surface area contributed by atoms with Gasteiger partial charge >= 0.3 is 12.4 Å². The number of aromatic nitrogens is 1. The molecule has 2 heterocycles. The molecular weight excluding hydrogens is 440 g/mol. The molecule has 1 aromatic heterocycles. The van der Waals surface area contributed by atoms with Gasteiger partial charge < -0.3 is 4.90 Å². The van der Waals surface area contributed by atoms with Crippen LogP contribution in [0.5, 0.6) is 0 Å². The monoisotopic (exact) mass is 461 g/mol. The van der Waals surface area contributed by atoms with Crippen LogP contribution in [-0.4, -0.2) is 53.9 Å². The predicted molar refractivity (Wildman–Crippen MR) is 104 cm³/mol. The lowest BCUT2D eigenvalue weighted by molar-refractivity contribution is -0.143. The average Bonchev–Trinajstić information content (AvgIpc) is 2.74. The Hall–Kier alpha value is -2.70. The van der Waals surface area contributed by atoms with Crippen LogP contribution < -0.4 is 10.9 Å². The van der Waals surface area contributed by atoms with E-state index in [1.54, 1.807) is 23.1 Å². The van der Waals surface area contributed by atoms with Crippen molar-refractivity contribution in [1.29, 1.82) is 0 Å². The summed E-state index contributed by atoms with van der Waals surface area (Å²) in [5.41, 5.74) is -3.54. The Balaban J connectivity index is 2.02. The van der Waals surface area contributed by atoms with Crippen LogP contribution in [-0.2, 0) is 17.1 Å². The van der Waals surface area contributed by atoms with E-state index in [1.807, 2.05) is 11.9 Å². The quantitative estimate of drug-likeness (QED) is 0.328. The van der Waals surface area contributed by atoms with Gasteiger partial charge in [0.1, 0.15) is 6.04 Å². The van der Waals surface area contributed by atoms with Gasteiger partial charge in [0.15, 0.2) is 0 Å². The molecule has 6 nitrogen and oxygen atoms in total. The first kappa shape index (κ1) is 24.0. The highest BCUT2D eigenvalue weighted by Gasteiger charge is 2.39. The normalized spacial score (nSPS) is 17.2. The summed E-state index contributed by atoms with van der Waals surface area (Å²) >= 11 is 0. The maximum Gasteiger partial charge on any atom is 0.416 e. The summed E-state index contributed by atoms with van der Waals surface area (Å²) in [6.45, 7) is 2.10. The summed E-state index contributed by atoms with van der Waals surface area (Å²) in [5.74, 6) is 4.93. The first-order valence-corrected chi connectivity index (χ1v) is 9.59. The largest absolute Gasteiger partial charge is 0.416 e. The molecule has 32 heavy (non-hydrogen) atoms. The number of anilines is 1. The van der Waals surface area contributed by atoms with Crippen molar-refractivity contribution in [3.05, 3.63) is 59.4 Å². The Bertz CT molecular complexity index is 909. The Morgan fingerprint density at radius 1 is 1.00 bits per heavy atom. The van der Waals surface area contributed by atoms with E-state index >= 15 is 0 Å². The van der Waals surface area contributed by atoms with Crippen molar-refractivity contribution < 1.29 is 31.1 Å². The molecule has 1 aromatic carbocycles. The average molecular weight is 461 g/mol. The lowest BCUT2D eigenvalue weighted by Crippen LogP contribution is -2.52. The standard InChI is InChI=1S/C20H21F6N5O/c1-29-6-8-30(9-7-29)17(16-4-2-3-5-28-16)18(32)31(27)15-11-13(19(21,22)23)10-14(12-15)20(24,25)26/h2-5,10-12,17H,6-9,27H2,1H3. The molecule has 0 saturated carbocycles. The number of hydrogen-bond donors (Lipinski definition) is 1.